The highest BCUT2D eigenvalue weighted by molar-refractivity contribution is 5.99. The molecule has 1 aliphatic heterocycles. The maximum absolute atomic E-state index is 12.6. The fourth-order valence-electron chi connectivity index (χ4n) is 2.52. The van der Waals surface area contributed by atoms with Crippen LogP contribution in [0.4, 0.5) is 5.69 Å². The Hall–Kier alpha value is -1.88. The topological polar surface area (TPSA) is 70.2 Å². The summed E-state index contributed by atoms with van der Waals surface area (Å²) in [6.45, 7) is 5.65. The molecule has 114 valence electrons. The highest BCUT2D eigenvalue weighted by atomic mass is 16.2. The molecule has 1 heterocycles. The van der Waals surface area contributed by atoms with Crippen LogP contribution in [0, 0.1) is 12.3 Å². The van der Waals surface area contributed by atoms with Crippen LogP contribution in [0.15, 0.2) is 18.2 Å². The third-order valence-corrected chi connectivity index (χ3v) is 4.23. The predicted octanol–water partition coefficient (Wildman–Crippen LogP) is 1.68. The van der Waals surface area contributed by atoms with Gasteiger partial charge in [0.2, 0.25) is 5.91 Å². The molecule has 0 spiro atoms. The summed E-state index contributed by atoms with van der Waals surface area (Å²) >= 11 is 0. The number of rotatable bonds is 3. The van der Waals surface area contributed by atoms with Crippen LogP contribution in [0.5, 0.6) is 0 Å². The minimum Gasteiger partial charge on any atom is -0.355 e. The Balaban J connectivity index is 2.18. The van der Waals surface area contributed by atoms with E-state index in [1.54, 1.807) is 19.2 Å². The second kappa shape index (κ2) is 6.26. The van der Waals surface area contributed by atoms with Crippen LogP contribution in [0.2, 0.25) is 0 Å². The molecule has 0 atom stereocenters. The van der Waals surface area contributed by atoms with E-state index in [1.165, 1.54) is 0 Å². The third-order valence-electron chi connectivity index (χ3n) is 4.23. The van der Waals surface area contributed by atoms with Gasteiger partial charge in [0, 0.05) is 23.7 Å². The van der Waals surface area contributed by atoms with Crippen molar-refractivity contribution in [2.45, 2.75) is 26.7 Å². The first-order valence-corrected chi connectivity index (χ1v) is 7.31. The predicted molar refractivity (Wildman–Crippen MR) is 83.4 cm³/mol. The zero-order valence-corrected chi connectivity index (χ0v) is 12.9. The van der Waals surface area contributed by atoms with Crippen LogP contribution in [0.1, 0.15) is 35.7 Å². The van der Waals surface area contributed by atoms with Crippen molar-refractivity contribution in [1.29, 1.82) is 0 Å². The summed E-state index contributed by atoms with van der Waals surface area (Å²) in [5.74, 6) is -0.125. The van der Waals surface area contributed by atoms with Crippen molar-refractivity contribution >= 4 is 17.5 Å². The van der Waals surface area contributed by atoms with Crippen molar-refractivity contribution in [3.63, 3.8) is 0 Å². The lowest BCUT2D eigenvalue weighted by molar-refractivity contribution is -0.126. The van der Waals surface area contributed by atoms with Gasteiger partial charge < -0.3 is 16.0 Å². The molecule has 0 aromatic heterocycles. The number of hydrogen-bond acceptors (Lipinski definition) is 3. The number of piperidine rings is 1. The lowest BCUT2D eigenvalue weighted by Gasteiger charge is -2.32. The number of carbonyl (C=O) groups is 2. The van der Waals surface area contributed by atoms with Crippen molar-refractivity contribution in [3.05, 3.63) is 29.3 Å². The molecule has 21 heavy (non-hydrogen) atoms. The van der Waals surface area contributed by atoms with Crippen LogP contribution < -0.4 is 16.0 Å². The van der Waals surface area contributed by atoms with Gasteiger partial charge >= 0.3 is 0 Å². The molecular weight excluding hydrogens is 266 g/mol. The van der Waals surface area contributed by atoms with Gasteiger partial charge in [-0.1, -0.05) is 13.0 Å². The molecule has 0 radical (unpaired) electrons. The van der Waals surface area contributed by atoms with Crippen LogP contribution in [-0.4, -0.2) is 32.0 Å². The van der Waals surface area contributed by atoms with Gasteiger partial charge in [-0.25, -0.2) is 0 Å². The van der Waals surface area contributed by atoms with E-state index >= 15 is 0 Å². The van der Waals surface area contributed by atoms with Gasteiger partial charge in [0.05, 0.1) is 0 Å². The van der Waals surface area contributed by atoms with Gasteiger partial charge in [0.25, 0.3) is 5.91 Å². The summed E-state index contributed by atoms with van der Waals surface area (Å²) < 4.78 is 0. The molecule has 0 saturated carbocycles. The van der Waals surface area contributed by atoms with Gasteiger partial charge in [-0.2, -0.15) is 0 Å². The largest absolute Gasteiger partial charge is 0.355 e. The highest BCUT2D eigenvalue weighted by Gasteiger charge is 2.34. The molecule has 1 saturated heterocycles. The Kier molecular flexibility index (Phi) is 4.63. The van der Waals surface area contributed by atoms with E-state index < -0.39 is 0 Å². The van der Waals surface area contributed by atoms with Crippen molar-refractivity contribution in [3.8, 4) is 0 Å². The summed E-state index contributed by atoms with van der Waals surface area (Å²) in [4.78, 5) is 24.2. The normalized spacial score (nSPS) is 17.1. The lowest BCUT2D eigenvalue weighted by atomic mass is 9.80. The van der Waals surface area contributed by atoms with E-state index in [0.717, 1.165) is 31.5 Å². The molecule has 0 aliphatic carbocycles. The molecule has 1 aromatic carbocycles. The van der Waals surface area contributed by atoms with E-state index in [4.69, 9.17) is 0 Å². The average molecular weight is 289 g/mol. The van der Waals surface area contributed by atoms with Crippen molar-refractivity contribution in [1.82, 2.24) is 10.6 Å². The number of nitrogens with one attached hydrogen (secondary N) is 3. The van der Waals surface area contributed by atoms with E-state index in [9.17, 15) is 9.59 Å². The Morgan fingerprint density at radius 3 is 2.52 bits per heavy atom. The van der Waals surface area contributed by atoms with E-state index in [-0.39, 0.29) is 17.2 Å². The van der Waals surface area contributed by atoms with Gasteiger partial charge in [0.15, 0.2) is 0 Å². The second-order valence-corrected chi connectivity index (χ2v) is 5.87. The molecule has 5 nitrogen and oxygen atoms in total. The smallest absolute Gasteiger partial charge is 0.251 e. The zero-order chi connectivity index (χ0) is 15.5. The molecule has 2 rings (SSSR count). The average Bonchev–Trinajstić information content (AvgIpc) is 2.49. The monoisotopic (exact) mass is 289 g/mol. The van der Waals surface area contributed by atoms with E-state index in [1.807, 2.05) is 19.9 Å². The van der Waals surface area contributed by atoms with Crippen LogP contribution >= 0.6 is 0 Å². The molecule has 0 bridgehead atoms. The Morgan fingerprint density at radius 2 is 1.90 bits per heavy atom. The SMILES string of the molecule is CNC(=O)c1ccc(C)c(NC(=O)C2(C)CCNCC2)c1. The van der Waals surface area contributed by atoms with Crippen LogP contribution in [0.3, 0.4) is 0 Å². The number of aryl methyl sites for hydroxylation is 1. The summed E-state index contributed by atoms with van der Waals surface area (Å²) in [7, 11) is 1.59. The van der Waals surface area contributed by atoms with Crippen LogP contribution in [-0.2, 0) is 4.79 Å². The molecule has 0 unspecified atom stereocenters. The Morgan fingerprint density at radius 1 is 1.24 bits per heavy atom. The van der Waals surface area contributed by atoms with E-state index in [0.29, 0.717) is 11.3 Å². The fourth-order valence-corrected chi connectivity index (χ4v) is 2.52. The number of amides is 2. The van der Waals surface area contributed by atoms with Crippen molar-refractivity contribution in [2.24, 2.45) is 5.41 Å². The number of benzene rings is 1. The summed E-state index contributed by atoms with van der Waals surface area (Å²) in [5.41, 5.74) is 1.86. The first-order chi connectivity index (χ1) is 9.96. The Labute approximate surface area is 125 Å². The van der Waals surface area contributed by atoms with Crippen molar-refractivity contribution in [2.75, 3.05) is 25.5 Å². The van der Waals surface area contributed by atoms with Gasteiger partial charge in [-0.3, -0.25) is 9.59 Å². The Bertz CT molecular complexity index is 548. The lowest BCUT2D eigenvalue weighted by Crippen LogP contribution is -2.43. The minimum absolute atomic E-state index is 0.0288. The number of carbonyl (C=O) groups excluding carboxylic acids is 2. The molecule has 1 aromatic rings. The zero-order valence-electron chi connectivity index (χ0n) is 12.9. The number of hydrogen-bond donors (Lipinski definition) is 3. The molecule has 3 N–H and O–H groups in total. The quantitative estimate of drug-likeness (QED) is 0.793. The highest BCUT2D eigenvalue weighted by Crippen LogP contribution is 2.30. The van der Waals surface area contributed by atoms with Gasteiger partial charge in [0.1, 0.15) is 0 Å². The van der Waals surface area contributed by atoms with Crippen LogP contribution in [0.25, 0.3) is 0 Å². The van der Waals surface area contributed by atoms with Gasteiger partial charge in [-0.15, -0.1) is 0 Å². The van der Waals surface area contributed by atoms with E-state index in [2.05, 4.69) is 16.0 Å². The molecule has 2 amide bonds. The number of anilines is 1. The summed E-state index contributed by atoms with van der Waals surface area (Å²) in [5, 5.41) is 8.85. The molecule has 1 aliphatic rings. The minimum atomic E-state index is -0.347. The fraction of sp³-hybridized carbons (Fsp3) is 0.500. The summed E-state index contributed by atoms with van der Waals surface area (Å²) in [6.07, 6.45) is 1.65. The maximum Gasteiger partial charge on any atom is 0.251 e. The third kappa shape index (κ3) is 3.42. The maximum atomic E-state index is 12.6. The molecule has 5 heteroatoms. The molecular formula is C16H23N3O2. The van der Waals surface area contributed by atoms with Crippen molar-refractivity contribution < 1.29 is 9.59 Å². The standard InChI is InChI=1S/C16H23N3O2/c1-11-4-5-12(14(20)17-3)10-13(11)19-15(21)16(2)6-8-18-9-7-16/h4-5,10,18H,6-9H2,1-3H3,(H,17,20)(H,19,21). The first kappa shape index (κ1) is 15.5. The molecule has 1 fully saturated rings. The second-order valence-electron chi connectivity index (χ2n) is 5.87. The first-order valence-electron chi connectivity index (χ1n) is 7.31. The summed E-state index contributed by atoms with van der Waals surface area (Å²) in [6, 6.07) is 5.34. The van der Waals surface area contributed by atoms with Gasteiger partial charge in [-0.05, 0) is 50.6 Å².